The van der Waals surface area contributed by atoms with Crippen LogP contribution in [-0.2, 0) is 33.5 Å². The normalized spacial score (nSPS) is 23.0. The summed E-state index contributed by atoms with van der Waals surface area (Å²) < 4.78 is 10.7. The van der Waals surface area contributed by atoms with Crippen molar-refractivity contribution in [1.82, 2.24) is 25.1 Å². The van der Waals surface area contributed by atoms with E-state index in [1.807, 2.05) is 0 Å². The lowest BCUT2D eigenvalue weighted by Crippen LogP contribution is -2.68. The molecule has 3 aliphatic heterocycles. The number of hydrazine groups is 1. The Hall–Kier alpha value is -4.17. The number of aryl methyl sites for hydroxylation is 1. The fraction of sp³-hybridized carbons (Fsp3) is 0.643. The molecule has 3 fully saturated rings. The maximum atomic E-state index is 13.8. The Balaban J connectivity index is 1.62. The Bertz CT molecular complexity index is 1570. The van der Waals surface area contributed by atoms with Gasteiger partial charge in [0, 0.05) is 11.4 Å². The second-order valence-electron chi connectivity index (χ2n) is 13.7. The largest absolute Gasteiger partial charge is 0.479 e. The number of fused-ring (bicyclic) bond motifs is 1. The third-order valence-corrected chi connectivity index (χ3v) is 9.61. The molecule has 1 aromatic heterocycles. The number of hydrogen-bond acceptors (Lipinski definition) is 14. The Morgan fingerprint density at radius 2 is 1.67 bits per heavy atom. The van der Waals surface area contributed by atoms with Crippen LogP contribution in [0.4, 0.5) is 14.7 Å². The van der Waals surface area contributed by atoms with Gasteiger partial charge in [0.05, 0.1) is 13.1 Å². The Labute approximate surface area is 284 Å². The summed E-state index contributed by atoms with van der Waals surface area (Å²) in [4.78, 5) is 88.3. The number of carbonyl (C=O) groups is 6. The number of oxime groups is 1. The fourth-order valence-corrected chi connectivity index (χ4v) is 7.19. The number of thioether (sulfide) groups is 1. The first-order chi connectivity index (χ1) is 22.0. The van der Waals surface area contributed by atoms with E-state index in [-0.39, 0.29) is 30.5 Å². The van der Waals surface area contributed by atoms with Gasteiger partial charge in [-0.2, -0.15) is 0 Å². The molecule has 18 nitrogen and oxygen atoms in total. The van der Waals surface area contributed by atoms with E-state index in [9.17, 15) is 33.9 Å². The molecule has 5 amide bonds. The van der Waals surface area contributed by atoms with Crippen LogP contribution in [0, 0.1) is 6.92 Å². The summed E-state index contributed by atoms with van der Waals surface area (Å²) in [6, 6.07) is -1.91. The second-order valence-corrected chi connectivity index (χ2v) is 16.3. The van der Waals surface area contributed by atoms with Crippen LogP contribution in [0.5, 0.6) is 0 Å². The van der Waals surface area contributed by atoms with E-state index < -0.39 is 74.7 Å². The minimum Gasteiger partial charge on any atom is -0.479 e. The van der Waals surface area contributed by atoms with Crippen molar-refractivity contribution in [3.8, 4) is 0 Å². The highest BCUT2D eigenvalue weighted by molar-refractivity contribution is 8.02. The third-order valence-electron chi connectivity index (χ3n) is 7.04. The van der Waals surface area contributed by atoms with Crippen molar-refractivity contribution < 1.29 is 48.2 Å². The lowest BCUT2D eigenvalue weighted by atomic mass is 10.0. The van der Waals surface area contributed by atoms with Crippen molar-refractivity contribution in [3.05, 3.63) is 10.6 Å². The summed E-state index contributed by atoms with van der Waals surface area (Å²) >= 11 is 1.84. The molecule has 0 aromatic carbocycles. The lowest BCUT2D eigenvalue weighted by Gasteiger charge is -2.41. The van der Waals surface area contributed by atoms with Crippen LogP contribution < -0.4 is 16.5 Å². The maximum Gasteiger partial charge on any atom is 0.413 e. The van der Waals surface area contributed by atoms with Crippen molar-refractivity contribution in [2.75, 3.05) is 25.0 Å². The zero-order valence-corrected chi connectivity index (χ0v) is 29.7. The molecule has 3 aliphatic rings. The highest BCUT2D eigenvalue weighted by Crippen LogP contribution is 2.49. The number of ether oxygens (including phenoxy) is 2. The Kier molecular flexibility index (Phi) is 9.70. The van der Waals surface area contributed by atoms with Crippen LogP contribution in [-0.4, -0.2) is 119 Å². The number of thiazole rings is 1. The monoisotopic (exact) mass is 712 g/mol. The van der Waals surface area contributed by atoms with E-state index in [2.05, 4.69) is 20.8 Å². The zero-order chi connectivity index (χ0) is 36.1. The van der Waals surface area contributed by atoms with Crippen molar-refractivity contribution >= 4 is 69.8 Å². The van der Waals surface area contributed by atoms with Gasteiger partial charge in [-0.15, -0.1) is 11.3 Å². The van der Waals surface area contributed by atoms with Crippen molar-refractivity contribution in [3.63, 3.8) is 0 Å². The van der Waals surface area contributed by atoms with Crippen LogP contribution >= 0.6 is 23.1 Å². The molecule has 0 bridgehead atoms. The summed E-state index contributed by atoms with van der Waals surface area (Å²) in [5.41, 5.74) is -3.79. The topological polar surface area (TPSA) is 235 Å². The Morgan fingerprint density at radius 3 is 2.21 bits per heavy atom. The number of amides is 5. The van der Waals surface area contributed by atoms with Gasteiger partial charge in [-0.05, 0) is 62.3 Å². The SMILES string of the molecule is Cc1sc(NC(=O)OC(C)(C)C)nc1/C(=N/OC(C)(C)C(=O)OC(C)(C)C)C(=O)N[C@@H]1C(=O)N2C[C@@](C(=O)O)(N3CCN(N)C3=O)S[C@H]12. The molecule has 20 heteroatoms. The summed E-state index contributed by atoms with van der Waals surface area (Å²) in [6.45, 7) is 14.3. The average molecular weight is 713 g/mol. The van der Waals surface area contributed by atoms with Crippen molar-refractivity contribution in [1.29, 1.82) is 0 Å². The number of rotatable bonds is 9. The highest BCUT2D eigenvalue weighted by atomic mass is 32.2. The van der Waals surface area contributed by atoms with Gasteiger partial charge in [-0.1, -0.05) is 16.9 Å². The fourth-order valence-electron chi connectivity index (χ4n) is 4.76. The first-order valence-corrected chi connectivity index (χ1v) is 16.5. The van der Waals surface area contributed by atoms with E-state index >= 15 is 0 Å². The molecule has 0 unspecified atom stereocenters. The first kappa shape index (κ1) is 36.7. The predicted octanol–water partition coefficient (Wildman–Crippen LogP) is 1.43. The van der Waals surface area contributed by atoms with Gasteiger partial charge in [-0.3, -0.25) is 24.8 Å². The molecule has 0 radical (unpaired) electrons. The van der Waals surface area contributed by atoms with Crippen LogP contribution in [0.3, 0.4) is 0 Å². The smallest absolute Gasteiger partial charge is 0.413 e. The van der Waals surface area contributed by atoms with Gasteiger partial charge in [0.2, 0.25) is 16.4 Å². The lowest BCUT2D eigenvalue weighted by molar-refractivity contribution is -0.179. The molecule has 5 N–H and O–H groups in total. The maximum absolute atomic E-state index is 13.8. The van der Waals surface area contributed by atoms with Crippen molar-refractivity contribution in [2.24, 2.45) is 11.0 Å². The number of urea groups is 1. The molecule has 3 saturated heterocycles. The van der Waals surface area contributed by atoms with E-state index in [0.29, 0.717) is 4.88 Å². The minimum absolute atomic E-state index is 0.0307. The summed E-state index contributed by atoms with van der Waals surface area (Å²) in [7, 11) is 0. The van der Waals surface area contributed by atoms with Gasteiger partial charge in [-0.25, -0.2) is 30.0 Å². The van der Waals surface area contributed by atoms with E-state index in [1.165, 1.54) is 18.7 Å². The summed E-state index contributed by atoms with van der Waals surface area (Å²) in [5, 5.41) is 19.4. The number of anilines is 1. The number of nitrogens with one attached hydrogen (secondary N) is 2. The zero-order valence-electron chi connectivity index (χ0n) is 28.0. The number of nitrogens with two attached hydrogens (primary N) is 1. The van der Waals surface area contributed by atoms with Gasteiger partial charge < -0.3 is 29.6 Å². The number of carboxylic acids is 1. The average Bonchev–Trinajstić information content (AvgIpc) is 3.59. The minimum atomic E-state index is -1.82. The molecule has 0 spiro atoms. The Morgan fingerprint density at radius 1 is 1.04 bits per heavy atom. The standard InChI is InChI=1S/C28H40N8O10S2/c1-13-14(31-22(47-13)32-23(42)45-26(5,6)7)15(33-46-27(8,9)21(41)44-25(2,3)4)17(37)30-16-18(38)34-12-28(20(39)40,48-19(16)34)35-10-11-36(29)24(35)43/h16,19H,10-12,29H2,1-9H3,(H,30,37)(H,39,40)(H,31,32,42)/b33-15-/t16-,19-,28-/m1/s1. The number of aromatic nitrogens is 1. The summed E-state index contributed by atoms with van der Waals surface area (Å²) in [6.07, 6.45) is -0.789. The van der Waals surface area contributed by atoms with E-state index in [4.69, 9.17) is 20.2 Å². The number of nitrogens with zero attached hydrogens (tertiary/aromatic N) is 5. The third kappa shape index (κ3) is 7.44. The molecule has 4 heterocycles. The molecular formula is C28H40N8O10S2. The van der Waals surface area contributed by atoms with E-state index in [1.54, 1.807) is 48.5 Å². The van der Waals surface area contributed by atoms with Crippen LogP contribution in [0.15, 0.2) is 5.16 Å². The van der Waals surface area contributed by atoms with Crippen molar-refractivity contribution in [2.45, 2.75) is 95.4 Å². The van der Waals surface area contributed by atoms with E-state index in [0.717, 1.165) is 33.0 Å². The van der Waals surface area contributed by atoms with Crippen LogP contribution in [0.1, 0.15) is 66.0 Å². The molecular weight excluding hydrogens is 672 g/mol. The number of carbonyl (C=O) groups excluding carboxylic acids is 5. The van der Waals surface area contributed by atoms with Gasteiger partial charge in [0.15, 0.2) is 10.8 Å². The molecule has 48 heavy (non-hydrogen) atoms. The molecule has 0 aliphatic carbocycles. The van der Waals surface area contributed by atoms with Gasteiger partial charge in [0.25, 0.3) is 5.91 Å². The highest BCUT2D eigenvalue weighted by Gasteiger charge is 2.66. The number of β-lactam (4-membered cyclic amide) rings is 1. The quantitative estimate of drug-likeness (QED) is 0.0709. The number of hydrogen-bond donors (Lipinski definition) is 4. The van der Waals surface area contributed by atoms with Crippen LogP contribution in [0.2, 0.25) is 0 Å². The molecule has 0 saturated carbocycles. The predicted molar refractivity (Wildman–Crippen MR) is 173 cm³/mol. The molecule has 3 atom stereocenters. The molecule has 264 valence electrons. The number of carboxylic acid groups (broad SMARTS) is 1. The van der Waals surface area contributed by atoms with Gasteiger partial charge in [0.1, 0.15) is 28.3 Å². The first-order valence-electron chi connectivity index (χ1n) is 14.8. The summed E-state index contributed by atoms with van der Waals surface area (Å²) in [5.74, 6) is 2.04. The van der Waals surface area contributed by atoms with Crippen LogP contribution in [0.25, 0.3) is 0 Å². The number of aliphatic carboxylic acids is 1. The molecule has 1 aromatic rings. The number of esters is 1. The second kappa shape index (κ2) is 12.7. The molecule has 4 rings (SSSR count). The van der Waals surface area contributed by atoms with Gasteiger partial charge >= 0.3 is 24.1 Å².